The Hall–Kier alpha value is -3.23. The first-order chi connectivity index (χ1) is 18.1. The van der Waals surface area contributed by atoms with Crippen molar-refractivity contribution in [3.05, 3.63) is 82.3 Å². The zero-order valence-electron chi connectivity index (χ0n) is 20.6. The molecule has 0 aromatic heterocycles. The van der Waals surface area contributed by atoms with Crippen LogP contribution >= 0.6 is 30.8 Å². The van der Waals surface area contributed by atoms with Gasteiger partial charge in [0.05, 0.1) is 28.8 Å². The quantitative estimate of drug-likeness (QED) is 0.163. The van der Waals surface area contributed by atoms with E-state index in [2.05, 4.69) is 5.32 Å². The highest BCUT2D eigenvalue weighted by atomic mass is 35.5. The second kappa shape index (κ2) is 13.5. The number of rotatable bonds is 13. The summed E-state index contributed by atoms with van der Waals surface area (Å²) in [5.41, 5.74) is 1.39. The number of hydrogen-bond acceptors (Lipinski definition) is 8. The van der Waals surface area contributed by atoms with Gasteiger partial charge in [-0.2, -0.15) is 0 Å². The van der Waals surface area contributed by atoms with E-state index in [1.54, 1.807) is 61.5 Å². The van der Waals surface area contributed by atoms with Gasteiger partial charge in [-0.1, -0.05) is 59.6 Å². The predicted molar refractivity (Wildman–Crippen MR) is 145 cm³/mol. The average molecular weight is 582 g/mol. The van der Waals surface area contributed by atoms with Gasteiger partial charge in [-0.15, -0.1) is 0 Å². The molecule has 0 aliphatic carbocycles. The van der Waals surface area contributed by atoms with Crippen LogP contribution in [0.2, 0.25) is 10.0 Å². The Labute approximate surface area is 230 Å². The van der Waals surface area contributed by atoms with Crippen LogP contribution < -0.4 is 14.6 Å². The van der Waals surface area contributed by atoms with Gasteiger partial charge >= 0.3 is 19.5 Å². The Morgan fingerprint density at radius 1 is 1.00 bits per heavy atom. The maximum atomic E-state index is 13.6. The molecule has 38 heavy (non-hydrogen) atoms. The molecule has 9 nitrogen and oxygen atoms in total. The highest BCUT2D eigenvalue weighted by molar-refractivity contribution is 7.54. The van der Waals surface area contributed by atoms with Gasteiger partial charge in [0.2, 0.25) is 6.35 Å². The molecular formula is C26H26Cl2NO8P. The first-order valence-electron chi connectivity index (χ1n) is 11.5. The fourth-order valence-electron chi connectivity index (χ4n) is 3.26. The van der Waals surface area contributed by atoms with Crippen molar-refractivity contribution in [1.29, 1.82) is 0 Å². The lowest BCUT2D eigenvalue weighted by Crippen LogP contribution is -2.24. The third kappa shape index (κ3) is 8.39. The molecule has 0 aliphatic rings. The fraction of sp³-hybridized carbons (Fsp3) is 0.231. The Morgan fingerprint density at radius 2 is 1.63 bits per heavy atom. The van der Waals surface area contributed by atoms with Crippen LogP contribution in [0.4, 0.5) is 11.4 Å². The van der Waals surface area contributed by atoms with Crippen LogP contribution in [0, 0.1) is 0 Å². The predicted octanol–water partition coefficient (Wildman–Crippen LogP) is 6.94. The summed E-state index contributed by atoms with van der Waals surface area (Å²) in [6.07, 6.45) is -1.94. The van der Waals surface area contributed by atoms with Crippen molar-refractivity contribution in [2.24, 2.45) is 0 Å². The number of aliphatic carboxylic acids is 1. The topological polar surface area (TPSA) is 120 Å². The third-order valence-corrected chi connectivity index (χ3v) is 7.12. The second-order valence-corrected chi connectivity index (χ2v) is 10.6. The fourth-order valence-corrected chi connectivity index (χ4v) is 5.30. The average Bonchev–Trinajstić information content (AvgIpc) is 2.86. The van der Waals surface area contributed by atoms with Crippen molar-refractivity contribution in [3.8, 4) is 11.5 Å². The first kappa shape index (κ1) is 29.3. The number of halogens is 2. The number of hydrogen-bond donors (Lipinski definition) is 2. The molecule has 12 heteroatoms. The first-order valence-corrected chi connectivity index (χ1v) is 14.0. The van der Waals surface area contributed by atoms with Crippen molar-refractivity contribution >= 4 is 54.1 Å². The lowest BCUT2D eigenvalue weighted by molar-refractivity contribution is -0.150. The normalized spacial score (nSPS) is 13.2. The van der Waals surface area contributed by atoms with Crippen LogP contribution in [0.15, 0.2) is 66.7 Å². The summed E-state index contributed by atoms with van der Waals surface area (Å²) in [6.45, 7) is 3.17. The van der Waals surface area contributed by atoms with Gasteiger partial charge in [-0.05, 0) is 37.6 Å². The molecule has 3 aromatic rings. The Morgan fingerprint density at radius 3 is 2.26 bits per heavy atom. The van der Waals surface area contributed by atoms with E-state index in [4.69, 9.17) is 46.8 Å². The van der Waals surface area contributed by atoms with Crippen LogP contribution in [-0.4, -0.2) is 36.1 Å². The number of para-hydroxylation sites is 2. The summed E-state index contributed by atoms with van der Waals surface area (Å²) in [5.74, 6) is -1.27. The van der Waals surface area contributed by atoms with Crippen molar-refractivity contribution in [2.45, 2.75) is 26.4 Å². The lowest BCUT2D eigenvalue weighted by Gasteiger charge is -2.22. The number of benzene rings is 3. The van der Waals surface area contributed by atoms with E-state index in [1.807, 2.05) is 0 Å². The van der Waals surface area contributed by atoms with E-state index in [9.17, 15) is 14.2 Å². The minimum Gasteiger partial charge on any atom is -0.481 e. The molecule has 3 rings (SSSR count). The molecule has 0 bridgehead atoms. The van der Waals surface area contributed by atoms with Crippen LogP contribution in [0.25, 0.3) is 0 Å². The Kier molecular flexibility index (Phi) is 10.4. The molecule has 2 atom stereocenters. The molecule has 3 aromatic carbocycles. The SMILES string of the molecule is CCOC(=O)C(C)OP(=O)(COc1cc(Cl)c(Nc2ccccc2CC(=O)O)c(Cl)c1)Oc1ccccc1. The summed E-state index contributed by atoms with van der Waals surface area (Å²) in [5, 5.41) is 12.6. The summed E-state index contributed by atoms with van der Waals surface area (Å²) in [7, 11) is -4.04. The van der Waals surface area contributed by atoms with E-state index >= 15 is 0 Å². The summed E-state index contributed by atoms with van der Waals surface area (Å²) >= 11 is 12.9. The molecule has 0 aliphatic heterocycles. The largest absolute Gasteiger partial charge is 0.481 e. The van der Waals surface area contributed by atoms with E-state index in [1.165, 1.54) is 19.1 Å². The van der Waals surface area contributed by atoms with Crippen LogP contribution in [-0.2, 0) is 29.8 Å². The number of anilines is 2. The number of carboxylic acids is 1. The maximum Gasteiger partial charge on any atom is 0.417 e. The zero-order chi connectivity index (χ0) is 27.7. The van der Waals surface area contributed by atoms with Gasteiger partial charge in [0.1, 0.15) is 11.5 Å². The molecule has 0 heterocycles. The number of esters is 1. The number of nitrogens with one attached hydrogen (secondary N) is 1. The maximum absolute atomic E-state index is 13.6. The molecule has 0 saturated carbocycles. The molecule has 2 N–H and O–H groups in total. The molecule has 0 saturated heterocycles. The van der Waals surface area contributed by atoms with Crippen molar-refractivity contribution in [3.63, 3.8) is 0 Å². The Bertz CT molecular complexity index is 1300. The minimum absolute atomic E-state index is 0.130. The summed E-state index contributed by atoms with van der Waals surface area (Å²) < 4.78 is 35.3. The molecule has 0 radical (unpaired) electrons. The molecule has 202 valence electrons. The molecular weight excluding hydrogens is 556 g/mol. The van der Waals surface area contributed by atoms with Crippen molar-refractivity contribution in [1.82, 2.24) is 0 Å². The second-order valence-electron chi connectivity index (χ2n) is 7.90. The van der Waals surface area contributed by atoms with E-state index < -0.39 is 32.0 Å². The highest BCUT2D eigenvalue weighted by Gasteiger charge is 2.34. The molecule has 2 unspecified atom stereocenters. The van der Waals surface area contributed by atoms with Gasteiger partial charge in [-0.25, -0.2) is 9.36 Å². The smallest absolute Gasteiger partial charge is 0.417 e. The molecule has 0 amide bonds. The van der Waals surface area contributed by atoms with Crippen LogP contribution in [0.5, 0.6) is 11.5 Å². The molecule has 0 spiro atoms. The van der Waals surface area contributed by atoms with Gasteiger partial charge in [0.25, 0.3) is 0 Å². The number of carbonyl (C=O) groups is 2. The zero-order valence-corrected chi connectivity index (χ0v) is 23.0. The minimum atomic E-state index is -4.04. The van der Waals surface area contributed by atoms with E-state index in [-0.39, 0.29) is 34.6 Å². The van der Waals surface area contributed by atoms with Crippen LogP contribution in [0.1, 0.15) is 19.4 Å². The monoisotopic (exact) mass is 581 g/mol. The third-order valence-electron chi connectivity index (χ3n) is 4.95. The Balaban J connectivity index is 1.80. The number of carbonyl (C=O) groups excluding carboxylic acids is 1. The van der Waals surface area contributed by atoms with Crippen LogP contribution in [0.3, 0.4) is 0 Å². The van der Waals surface area contributed by atoms with Crippen molar-refractivity contribution in [2.75, 3.05) is 18.3 Å². The van der Waals surface area contributed by atoms with Crippen molar-refractivity contribution < 1.29 is 37.8 Å². The van der Waals surface area contributed by atoms with Gasteiger partial charge in [0.15, 0.2) is 6.10 Å². The highest BCUT2D eigenvalue weighted by Crippen LogP contribution is 2.50. The number of carboxylic acid groups (broad SMARTS) is 1. The van der Waals surface area contributed by atoms with Gasteiger partial charge in [-0.3, -0.25) is 9.32 Å². The summed E-state index contributed by atoms with van der Waals surface area (Å²) in [4.78, 5) is 23.3. The standard InChI is InChI=1S/C26H26Cl2NO8P/c1-3-34-26(32)17(2)36-38(33,37-19-10-5-4-6-11-19)16-35-20-14-21(27)25(22(28)15-20)29-23-12-8-7-9-18(23)13-24(30)31/h4-12,14-15,17,29H,3,13,16H2,1-2H3,(H,30,31). The van der Waals surface area contributed by atoms with Gasteiger partial charge in [0, 0.05) is 17.8 Å². The molecule has 0 fully saturated rings. The van der Waals surface area contributed by atoms with Gasteiger partial charge < -0.3 is 24.4 Å². The lowest BCUT2D eigenvalue weighted by atomic mass is 10.1. The van der Waals surface area contributed by atoms with E-state index in [0.29, 0.717) is 16.9 Å². The number of ether oxygens (including phenoxy) is 2. The summed E-state index contributed by atoms with van der Waals surface area (Å²) in [6, 6.07) is 18.0. The van der Waals surface area contributed by atoms with E-state index in [0.717, 1.165) is 0 Å².